The van der Waals surface area contributed by atoms with Crippen LogP contribution in [-0.4, -0.2) is 41.8 Å². The number of ether oxygens (including phenoxy) is 2. The number of benzene rings is 1. The van der Waals surface area contributed by atoms with Crippen molar-refractivity contribution in [3.05, 3.63) is 40.5 Å². The maximum absolute atomic E-state index is 13.4. The van der Waals surface area contributed by atoms with Gasteiger partial charge in [-0.3, -0.25) is 9.59 Å². The van der Waals surface area contributed by atoms with Crippen LogP contribution in [0.3, 0.4) is 0 Å². The minimum Gasteiger partial charge on any atom is -0.481 e. The van der Waals surface area contributed by atoms with Crippen molar-refractivity contribution in [2.45, 2.75) is 38.9 Å². The first-order chi connectivity index (χ1) is 14.8. The molecule has 0 radical (unpaired) electrons. The number of rotatable bonds is 6. The Morgan fingerprint density at radius 2 is 1.84 bits per heavy atom. The summed E-state index contributed by atoms with van der Waals surface area (Å²) in [5.41, 5.74) is 1.35. The van der Waals surface area contributed by atoms with Crippen molar-refractivity contribution < 1.29 is 33.4 Å². The summed E-state index contributed by atoms with van der Waals surface area (Å²) < 4.78 is 24.3. The summed E-state index contributed by atoms with van der Waals surface area (Å²) in [5, 5.41) is 12.6. The lowest BCUT2D eigenvalue weighted by molar-refractivity contribution is -0.147. The molecule has 2 saturated heterocycles. The van der Waals surface area contributed by atoms with Crippen LogP contribution in [0.2, 0.25) is 0 Å². The number of anilines is 1. The van der Waals surface area contributed by atoms with Crippen molar-refractivity contribution in [1.29, 1.82) is 0 Å². The van der Waals surface area contributed by atoms with Gasteiger partial charge in [0.25, 0.3) is 0 Å². The van der Waals surface area contributed by atoms with E-state index in [4.69, 9.17) is 9.47 Å². The van der Waals surface area contributed by atoms with E-state index in [0.29, 0.717) is 24.0 Å². The second kappa shape index (κ2) is 8.39. The van der Waals surface area contributed by atoms with Crippen LogP contribution in [0.15, 0.2) is 24.3 Å². The Morgan fingerprint density at radius 1 is 1.19 bits per heavy atom. The number of halogens is 1. The third-order valence-corrected chi connectivity index (χ3v) is 6.82. The van der Waals surface area contributed by atoms with E-state index in [0.717, 1.165) is 4.88 Å². The number of nitrogens with one attached hydrogen (secondary N) is 1. The maximum Gasteiger partial charge on any atom is 0.341 e. The monoisotopic (exact) mass is 447 g/mol. The minimum absolute atomic E-state index is 0.144. The smallest absolute Gasteiger partial charge is 0.341 e. The average molecular weight is 447 g/mol. The van der Waals surface area contributed by atoms with E-state index in [-0.39, 0.29) is 17.2 Å². The molecule has 0 unspecified atom stereocenters. The first kappa shape index (κ1) is 21.5. The summed E-state index contributed by atoms with van der Waals surface area (Å²) in [7, 11) is 0. The van der Waals surface area contributed by atoms with Gasteiger partial charge in [-0.25, -0.2) is 9.18 Å². The zero-order valence-electron chi connectivity index (χ0n) is 17.0. The fourth-order valence-corrected chi connectivity index (χ4v) is 5.58. The van der Waals surface area contributed by atoms with Crippen LogP contribution in [0, 0.1) is 24.6 Å². The molecule has 7 nitrogen and oxygen atoms in total. The summed E-state index contributed by atoms with van der Waals surface area (Å²) >= 11 is 1.20. The van der Waals surface area contributed by atoms with Crippen molar-refractivity contribution in [1.82, 2.24) is 0 Å². The molecular formula is C22H22FNO6S. The quantitative estimate of drug-likeness (QED) is 0.652. The number of carboxylic acids is 1. The molecule has 2 aliphatic rings. The predicted octanol–water partition coefficient (Wildman–Crippen LogP) is 3.86. The number of aliphatic carboxylic acids is 1. The summed E-state index contributed by atoms with van der Waals surface area (Å²) in [4.78, 5) is 38.4. The second-order valence-electron chi connectivity index (χ2n) is 7.63. The van der Waals surface area contributed by atoms with Gasteiger partial charge in [0.2, 0.25) is 5.91 Å². The SMILES string of the molecule is CCOC(=O)c1c(NC(=O)[C@@H]2[C@H](C(=O)O)[C@H]3CC[C@H]2O3)sc(C)c1-c1ccc(F)cc1. The molecule has 2 bridgehead atoms. The van der Waals surface area contributed by atoms with E-state index < -0.39 is 47.7 Å². The van der Waals surface area contributed by atoms with Crippen LogP contribution >= 0.6 is 11.3 Å². The summed E-state index contributed by atoms with van der Waals surface area (Å²) in [6, 6.07) is 5.71. The van der Waals surface area contributed by atoms with Crippen LogP contribution in [0.1, 0.15) is 35.0 Å². The van der Waals surface area contributed by atoms with Gasteiger partial charge in [-0.05, 0) is 44.4 Å². The van der Waals surface area contributed by atoms with E-state index >= 15 is 0 Å². The first-order valence-corrected chi connectivity index (χ1v) is 10.9. The third kappa shape index (κ3) is 3.83. The lowest BCUT2D eigenvalue weighted by Gasteiger charge is -2.23. The standard InChI is InChI=1S/C22H22FNO6S/c1-3-29-22(28)18-15(11-4-6-12(23)7-5-11)10(2)31-20(18)24-19(25)16-13-8-9-14(30-13)17(16)21(26)27/h4-7,13-14,16-17H,3,8-9H2,1-2H3,(H,24,25)(H,26,27)/t13-,14-,16+,17-/m1/s1. The lowest BCUT2D eigenvalue weighted by atomic mass is 9.78. The van der Waals surface area contributed by atoms with Gasteiger partial charge in [-0.1, -0.05) is 12.1 Å². The first-order valence-electron chi connectivity index (χ1n) is 10.1. The summed E-state index contributed by atoms with van der Waals surface area (Å²) in [5.74, 6) is -4.31. The fraction of sp³-hybridized carbons (Fsp3) is 0.409. The molecule has 3 heterocycles. The van der Waals surface area contributed by atoms with Gasteiger partial charge in [0.05, 0.1) is 30.7 Å². The highest BCUT2D eigenvalue weighted by Crippen LogP contribution is 2.45. The molecule has 2 fully saturated rings. The van der Waals surface area contributed by atoms with Crippen molar-refractivity contribution in [3.63, 3.8) is 0 Å². The molecule has 1 aromatic heterocycles. The molecule has 0 spiro atoms. The number of fused-ring (bicyclic) bond motifs is 2. The zero-order chi connectivity index (χ0) is 22.3. The van der Waals surface area contributed by atoms with Crippen molar-refractivity contribution in [2.75, 3.05) is 11.9 Å². The highest BCUT2D eigenvalue weighted by atomic mass is 32.1. The number of carboxylic acid groups (broad SMARTS) is 1. The predicted molar refractivity (Wildman–Crippen MR) is 112 cm³/mol. The third-order valence-electron chi connectivity index (χ3n) is 5.79. The van der Waals surface area contributed by atoms with Crippen LogP contribution in [0.5, 0.6) is 0 Å². The topological polar surface area (TPSA) is 102 Å². The number of esters is 1. The second-order valence-corrected chi connectivity index (χ2v) is 8.86. The molecule has 9 heteroatoms. The Morgan fingerprint density at radius 3 is 2.45 bits per heavy atom. The highest BCUT2D eigenvalue weighted by Gasteiger charge is 2.55. The minimum atomic E-state index is -1.06. The van der Waals surface area contributed by atoms with E-state index in [9.17, 15) is 23.9 Å². The molecule has 0 saturated carbocycles. The molecule has 2 aliphatic heterocycles. The molecule has 2 N–H and O–H groups in total. The Bertz CT molecular complexity index is 1030. The van der Waals surface area contributed by atoms with Gasteiger partial charge in [0.15, 0.2) is 0 Å². The highest BCUT2D eigenvalue weighted by molar-refractivity contribution is 7.17. The zero-order valence-corrected chi connectivity index (χ0v) is 17.8. The van der Waals surface area contributed by atoms with Crippen molar-refractivity contribution in [2.24, 2.45) is 11.8 Å². The number of carbonyl (C=O) groups is 3. The number of thiophene rings is 1. The Labute approximate surface area is 182 Å². The molecule has 2 aromatic rings. The molecule has 31 heavy (non-hydrogen) atoms. The maximum atomic E-state index is 13.4. The molecule has 164 valence electrons. The number of carbonyl (C=O) groups excluding carboxylic acids is 2. The van der Waals surface area contributed by atoms with Gasteiger partial charge < -0.3 is 19.9 Å². The number of aryl methyl sites for hydroxylation is 1. The molecule has 4 atom stereocenters. The van der Waals surface area contributed by atoms with E-state index in [1.54, 1.807) is 26.0 Å². The van der Waals surface area contributed by atoms with Gasteiger partial charge in [-0.15, -0.1) is 11.3 Å². The normalized spacial score (nSPS) is 24.2. The Balaban J connectivity index is 1.70. The summed E-state index contributed by atoms with van der Waals surface area (Å²) in [6.07, 6.45) is 0.325. The van der Waals surface area contributed by atoms with Gasteiger partial charge in [0.1, 0.15) is 16.4 Å². The molecule has 4 rings (SSSR count). The average Bonchev–Trinajstić information content (AvgIpc) is 3.41. The van der Waals surface area contributed by atoms with Gasteiger partial charge in [-0.2, -0.15) is 0 Å². The van der Waals surface area contributed by atoms with E-state index in [1.807, 2.05) is 0 Å². The van der Waals surface area contributed by atoms with Gasteiger partial charge in [0, 0.05) is 10.4 Å². The van der Waals surface area contributed by atoms with E-state index in [1.165, 1.54) is 23.5 Å². The molecular weight excluding hydrogens is 425 g/mol. The number of amides is 1. The number of hydrogen-bond acceptors (Lipinski definition) is 6. The largest absolute Gasteiger partial charge is 0.481 e. The molecule has 1 amide bonds. The lowest BCUT2D eigenvalue weighted by Crippen LogP contribution is -2.41. The van der Waals surface area contributed by atoms with Crippen LogP contribution in [0.4, 0.5) is 9.39 Å². The van der Waals surface area contributed by atoms with E-state index in [2.05, 4.69) is 5.32 Å². The van der Waals surface area contributed by atoms with Crippen molar-refractivity contribution in [3.8, 4) is 11.1 Å². The molecule has 0 aliphatic carbocycles. The Hall–Kier alpha value is -2.78. The van der Waals surface area contributed by atoms with Crippen LogP contribution in [0.25, 0.3) is 11.1 Å². The van der Waals surface area contributed by atoms with Crippen LogP contribution in [-0.2, 0) is 19.1 Å². The Kier molecular flexibility index (Phi) is 5.81. The molecule has 1 aromatic carbocycles. The number of hydrogen-bond donors (Lipinski definition) is 2. The summed E-state index contributed by atoms with van der Waals surface area (Å²) in [6.45, 7) is 3.62. The van der Waals surface area contributed by atoms with Crippen LogP contribution < -0.4 is 5.32 Å². The van der Waals surface area contributed by atoms with Crippen molar-refractivity contribution >= 4 is 34.2 Å². The fourth-order valence-electron chi connectivity index (χ4n) is 4.51. The van der Waals surface area contributed by atoms with Gasteiger partial charge >= 0.3 is 11.9 Å².